The first-order chi connectivity index (χ1) is 11.8. The maximum Gasteiger partial charge on any atom is 0.295 e. The molecule has 1 saturated heterocycles. The number of hydrogen-bond donors (Lipinski definition) is 1. The molecule has 25 heavy (non-hydrogen) atoms. The Balaban J connectivity index is 2.26. The Hall–Kier alpha value is -2.83. The lowest BCUT2D eigenvalue weighted by atomic mass is 9.98. The van der Waals surface area contributed by atoms with E-state index in [4.69, 9.17) is 4.42 Å². The number of nitrogens with zero attached hydrogens (tertiary/aromatic N) is 3. The zero-order chi connectivity index (χ0) is 18.5. The minimum absolute atomic E-state index is 0.0420. The van der Waals surface area contributed by atoms with Crippen LogP contribution in [-0.4, -0.2) is 38.0 Å². The molecule has 1 atom stereocenters. The Morgan fingerprint density at radius 1 is 1.28 bits per heavy atom. The Bertz CT molecular complexity index is 904. The molecule has 1 fully saturated rings. The van der Waals surface area contributed by atoms with Gasteiger partial charge in [-0.2, -0.15) is 5.10 Å². The van der Waals surface area contributed by atoms with Gasteiger partial charge in [-0.15, -0.1) is 0 Å². The average Bonchev–Trinajstić information content (AvgIpc) is 3.16. The third kappa shape index (κ3) is 2.47. The van der Waals surface area contributed by atoms with Crippen LogP contribution in [0.3, 0.4) is 0 Å². The zero-order valence-corrected chi connectivity index (χ0v) is 15.0. The molecule has 0 bridgehead atoms. The highest BCUT2D eigenvalue weighted by Crippen LogP contribution is 2.40. The van der Waals surface area contributed by atoms with E-state index in [0.29, 0.717) is 35.0 Å². The van der Waals surface area contributed by atoms with E-state index in [1.807, 2.05) is 0 Å². The number of rotatable bonds is 3. The average molecular weight is 343 g/mol. The molecule has 3 rings (SSSR count). The summed E-state index contributed by atoms with van der Waals surface area (Å²) < 4.78 is 7.30. The second-order valence-electron chi connectivity index (χ2n) is 6.20. The monoisotopic (exact) mass is 343 g/mol. The zero-order valence-electron chi connectivity index (χ0n) is 15.0. The Kier molecular flexibility index (Phi) is 4.02. The molecule has 2 aromatic rings. The first kappa shape index (κ1) is 17.0. The molecule has 3 heterocycles. The number of furan rings is 1. The molecular formula is C18H21N3O4. The molecule has 1 N–H and O–H groups in total. The fourth-order valence-electron chi connectivity index (χ4n) is 3.35. The van der Waals surface area contributed by atoms with Crippen molar-refractivity contribution < 1.29 is 19.1 Å². The van der Waals surface area contributed by atoms with E-state index in [2.05, 4.69) is 5.10 Å². The van der Waals surface area contributed by atoms with Crippen molar-refractivity contribution in [3.63, 3.8) is 0 Å². The molecule has 0 spiro atoms. The lowest BCUT2D eigenvalue weighted by Gasteiger charge is -2.21. The molecule has 0 saturated carbocycles. The number of likely N-dealkylation sites (N-methyl/N-ethyl adjacent to an activating group) is 1. The third-order valence-electron chi connectivity index (χ3n) is 4.66. The number of ketones is 1. The van der Waals surface area contributed by atoms with Gasteiger partial charge in [-0.05, 0) is 39.8 Å². The SMILES string of the molecule is CCN1C(=O)C(=O)/C(=C(/O)c2c(C)nn(C)c2C)C1c1ccc(C)o1. The summed E-state index contributed by atoms with van der Waals surface area (Å²) in [5, 5.41) is 15.2. The van der Waals surface area contributed by atoms with Gasteiger partial charge in [0.1, 0.15) is 23.3 Å². The number of carbonyl (C=O) groups is 2. The molecule has 132 valence electrons. The van der Waals surface area contributed by atoms with Crippen molar-refractivity contribution in [3.8, 4) is 0 Å². The van der Waals surface area contributed by atoms with Gasteiger partial charge in [0.25, 0.3) is 11.7 Å². The molecule has 0 aliphatic carbocycles. The number of hydrogen-bond acceptors (Lipinski definition) is 5. The summed E-state index contributed by atoms with van der Waals surface area (Å²) in [5.41, 5.74) is 1.83. The van der Waals surface area contributed by atoms with Crippen LogP contribution in [0, 0.1) is 20.8 Å². The summed E-state index contributed by atoms with van der Waals surface area (Å²) in [6, 6.07) is 2.76. The molecule has 2 aromatic heterocycles. The summed E-state index contributed by atoms with van der Waals surface area (Å²) >= 11 is 0. The quantitative estimate of drug-likeness (QED) is 0.525. The summed E-state index contributed by atoms with van der Waals surface area (Å²) in [6.45, 7) is 7.46. The van der Waals surface area contributed by atoms with Crippen LogP contribution in [0.5, 0.6) is 0 Å². The molecule has 1 unspecified atom stereocenters. The number of Topliss-reactive ketones (excluding diaryl/α,β-unsaturated/α-hetero) is 1. The van der Waals surface area contributed by atoms with Crippen LogP contribution < -0.4 is 0 Å². The van der Waals surface area contributed by atoms with Crippen LogP contribution in [0.1, 0.15) is 41.4 Å². The van der Waals surface area contributed by atoms with Gasteiger partial charge in [-0.3, -0.25) is 14.3 Å². The van der Waals surface area contributed by atoms with Gasteiger partial charge >= 0.3 is 0 Å². The highest BCUT2D eigenvalue weighted by atomic mass is 16.3. The van der Waals surface area contributed by atoms with Crippen molar-refractivity contribution >= 4 is 17.4 Å². The van der Waals surface area contributed by atoms with Crippen molar-refractivity contribution in [2.75, 3.05) is 6.54 Å². The Labute approximate surface area is 145 Å². The molecule has 7 nitrogen and oxygen atoms in total. The number of aromatic nitrogens is 2. The maximum atomic E-state index is 12.6. The Morgan fingerprint density at radius 2 is 1.96 bits per heavy atom. The van der Waals surface area contributed by atoms with Gasteiger partial charge < -0.3 is 14.4 Å². The molecule has 1 aliphatic rings. The molecule has 1 amide bonds. The highest BCUT2D eigenvalue weighted by molar-refractivity contribution is 6.46. The van der Waals surface area contributed by atoms with E-state index in [9.17, 15) is 14.7 Å². The fraction of sp³-hybridized carbons (Fsp3) is 0.389. The van der Waals surface area contributed by atoms with E-state index < -0.39 is 17.7 Å². The summed E-state index contributed by atoms with van der Waals surface area (Å²) in [5.74, 6) is -0.426. The van der Waals surface area contributed by atoms with E-state index in [1.165, 1.54) is 4.90 Å². The highest BCUT2D eigenvalue weighted by Gasteiger charge is 2.47. The third-order valence-corrected chi connectivity index (χ3v) is 4.66. The minimum Gasteiger partial charge on any atom is -0.507 e. The van der Waals surface area contributed by atoms with Gasteiger partial charge in [0.15, 0.2) is 0 Å². The summed E-state index contributed by atoms with van der Waals surface area (Å²) in [4.78, 5) is 26.5. The largest absolute Gasteiger partial charge is 0.507 e. The normalized spacial score (nSPS) is 19.9. The van der Waals surface area contributed by atoms with Crippen molar-refractivity contribution in [3.05, 3.63) is 46.2 Å². The number of carbonyl (C=O) groups excluding carboxylic acids is 2. The van der Waals surface area contributed by atoms with E-state index >= 15 is 0 Å². The van der Waals surface area contributed by atoms with Gasteiger partial charge in [0, 0.05) is 19.3 Å². The summed E-state index contributed by atoms with van der Waals surface area (Å²) in [7, 11) is 1.76. The van der Waals surface area contributed by atoms with Crippen LogP contribution in [-0.2, 0) is 16.6 Å². The van der Waals surface area contributed by atoms with E-state index in [0.717, 1.165) is 0 Å². The topological polar surface area (TPSA) is 88.6 Å². The first-order valence-corrected chi connectivity index (χ1v) is 8.13. The van der Waals surface area contributed by atoms with Crippen LogP contribution in [0.2, 0.25) is 0 Å². The molecule has 1 aliphatic heterocycles. The molecule has 7 heteroatoms. The molecule has 0 radical (unpaired) electrons. The molecular weight excluding hydrogens is 322 g/mol. The lowest BCUT2D eigenvalue weighted by Crippen LogP contribution is -2.29. The Morgan fingerprint density at radius 3 is 2.44 bits per heavy atom. The minimum atomic E-state index is -0.738. The van der Waals surface area contributed by atoms with Crippen LogP contribution in [0.25, 0.3) is 5.76 Å². The number of amides is 1. The lowest BCUT2D eigenvalue weighted by molar-refractivity contribution is -0.139. The van der Waals surface area contributed by atoms with Crippen molar-refractivity contribution in [2.24, 2.45) is 7.05 Å². The van der Waals surface area contributed by atoms with Gasteiger partial charge in [0.05, 0.1) is 16.8 Å². The van der Waals surface area contributed by atoms with Crippen molar-refractivity contribution in [2.45, 2.75) is 33.7 Å². The number of aryl methyl sites for hydroxylation is 3. The smallest absolute Gasteiger partial charge is 0.295 e. The van der Waals surface area contributed by atoms with E-state index in [-0.39, 0.29) is 11.3 Å². The number of aliphatic hydroxyl groups is 1. The fourth-order valence-corrected chi connectivity index (χ4v) is 3.35. The van der Waals surface area contributed by atoms with Crippen LogP contribution in [0.15, 0.2) is 22.1 Å². The second-order valence-corrected chi connectivity index (χ2v) is 6.20. The van der Waals surface area contributed by atoms with Crippen molar-refractivity contribution in [1.82, 2.24) is 14.7 Å². The van der Waals surface area contributed by atoms with E-state index in [1.54, 1.807) is 51.6 Å². The van der Waals surface area contributed by atoms with Gasteiger partial charge in [0.2, 0.25) is 0 Å². The predicted octanol–water partition coefficient (Wildman–Crippen LogP) is 2.38. The second kappa shape index (κ2) is 5.91. The standard InChI is InChI=1S/C18H21N3O4/c1-6-21-15(12-8-7-9(2)25-12)14(17(23)18(21)24)16(22)13-10(3)19-20(5)11(13)4/h7-8,15,22H,6H2,1-5H3/b16-14+. The number of likely N-dealkylation sites (tertiary alicyclic amines) is 1. The van der Waals surface area contributed by atoms with Gasteiger partial charge in [-0.1, -0.05) is 0 Å². The molecule has 0 aromatic carbocycles. The van der Waals surface area contributed by atoms with Crippen LogP contribution in [0.4, 0.5) is 0 Å². The van der Waals surface area contributed by atoms with Crippen LogP contribution >= 0.6 is 0 Å². The maximum absolute atomic E-state index is 12.6. The summed E-state index contributed by atoms with van der Waals surface area (Å²) in [6.07, 6.45) is 0. The number of aliphatic hydroxyl groups excluding tert-OH is 1. The predicted molar refractivity (Wildman–Crippen MR) is 90.8 cm³/mol. The van der Waals surface area contributed by atoms with Gasteiger partial charge in [-0.25, -0.2) is 0 Å². The first-order valence-electron chi connectivity index (χ1n) is 8.13. The van der Waals surface area contributed by atoms with Crippen molar-refractivity contribution in [1.29, 1.82) is 0 Å².